The van der Waals surface area contributed by atoms with Crippen LogP contribution in [0.15, 0.2) is 0 Å². The molecule has 1 fully saturated rings. The van der Waals surface area contributed by atoms with Gasteiger partial charge in [0.15, 0.2) is 0 Å². The van der Waals surface area contributed by atoms with E-state index in [0.717, 1.165) is 25.9 Å². The van der Waals surface area contributed by atoms with E-state index in [9.17, 15) is 18.0 Å². The normalized spacial score (nSPS) is 15.9. The van der Waals surface area contributed by atoms with Gasteiger partial charge in [-0.25, -0.2) is 13.1 Å². The van der Waals surface area contributed by atoms with Gasteiger partial charge in [-0.1, -0.05) is 0 Å². The fourth-order valence-corrected chi connectivity index (χ4v) is 2.73. The lowest BCUT2D eigenvalue weighted by molar-refractivity contribution is -0.136. The molecule has 0 aliphatic carbocycles. The van der Waals surface area contributed by atoms with Gasteiger partial charge in [0.05, 0.1) is 12.2 Å². The first-order valence-electron chi connectivity index (χ1n) is 5.87. The lowest BCUT2D eigenvalue weighted by Crippen LogP contribution is -2.33. The molecule has 0 unspecified atom stereocenters. The van der Waals surface area contributed by atoms with Crippen LogP contribution in [-0.4, -0.2) is 55.7 Å². The van der Waals surface area contributed by atoms with Gasteiger partial charge in [0.2, 0.25) is 15.9 Å². The number of carbonyl (C=O) groups is 2. The molecular formula is C10H18N2O5S. The average molecular weight is 278 g/mol. The Morgan fingerprint density at radius 1 is 1.17 bits per heavy atom. The maximum atomic E-state index is 11.6. The third-order valence-corrected chi connectivity index (χ3v) is 4.09. The second-order valence-corrected chi connectivity index (χ2v) is 6.12. The molecule has 0 saturated carbocycles. The van der Waals surface area contributed by atoms with Crippen LogP contribution in [-0.2, 0) is 19.6 Å². The molecule has 0 atom stereocenters. The van der Waals surface area contributed by atoms with Gasteiger partial charge >= 0.3 is 5.97 Å². The van der Waals surface area contributed by atoms with Crippen molar-refractivity contribution in [3.63, 3.8) is 0 Å². The van der Waals surface area contributed by atoms with Crippen LogP contribution >= 0.6 is 0 Å². The van der Waals surface area contributed by atoms with Gasteiger partial charge in [-0.05, 0) is 12.8 Å². The van der Waals surface area contributed by atoms with Crippen molar-refractivity contribution in [2.45, 2.75) is 25.7 Å². The fourth-order valence-electron chi connectivity index (χ4n) is 1.73. The summed E-state index contributed by atoms with van der Waals surface area (Å²) in [6.07, 6.45) is 1.67. The van der Waals surface area contributed by atoms with Crippen molar-refractivity contribution in [3.8, 4) is 0 Å². The molecule has 0 spiro atoms. The smallest absolute Gasteiger partial charge is 0.304 e. The van der Waals surface area contributed by atoms with Crippen molar-refractivity contribution < 1.29 is 23.1 Å². The molecule has 0 aromatic rings. The number of hydrogen-bond acceptors (Lipinski definition) is 4. The van der Waals surface area contributed by atoms with Crippen molar-refractivity contribution in [2.75, 3.05) is 25.4 Å². The summed E-state index contributed by atoms with van der Waals surface area (Å²) in [5.41, 5.74) is 0. The maximum absolute atomic E-state index is 11.6. The minimum Gasteiger partial charge on any atom is -0.481 e. The summed E-state index contributed by atoms with van der Waals surface area (Å²) < 4.78 is 24.9. The Labute approximate surface area is 106 Å². The number of nitrogens with one attached hydrogen (secondary N) is 1. The Balaban J connectivity index is 2.23. The summed E-state index contributed by atoms with van der Waals surface area (Å²) in [6, 6.07) is 0. The number of likely N-dealkylation sites (tertiary alicyclic amines) is 1. The van der Waals surface area contributed by atoms with Gasteiger partial charge in [0.1, 0.15) is 0 Å². The van der Waals surface area contributed by atoms with Crippen LogP contribution in [0.1, 0.15) is 25.7 Å². The third kappa shape index (κ3) is 5.46. The highest BCUT2D eigenvalue weighted by molar-refractivity contribution is 7.89. The Hall–Kier alpha value is -1.15. The molecule has 104 valence electrons. The van der Waals surface area contributed by atoms with Crippen molar-refractivity contribution >= 4 is 21.9 Å². The summed E-state index contributed by atoms with van der Waals surface area (Å²) >= 11 is 0. The number of rotatable bonds is 7. The van der Waals surface area contributed by atoms with E-state index >= 15 is 0 Å². The molecule has 1 rings (SSSR count). The molecule has 0 aromatic carbocycles. The number of carbonyl (C=O) groups excluding carboxylic acids is 1. The molecule has 0 radical (unpaired) electrons. The highest BCUT2D eigenvalue weighted by Gasteiger charge is 2.18. The number of amides is 1. The van der Waals surface area contributed by atoms with Crippen molar-refractivity contribution in [1.82, 2.24) is 9.62 Å². The zero-order chi connectivity index (χ0) is 13.6. The standard InChI is InChI=1S/C10H18N2O5S/c13-9(12-6-1-2-7-12)3-5-11-18(16,17)8-4-10(14)15/h11H,1-8H2,(H,14,15). The largest absolute Gasteiger partial charge is 0.481 e. The molecule has 1 aliphatic heterocycles. The number of hydrogen-bond donors (Lipinski definition) is 2. The average Bonchev–Trinajstić information content (AvgIpc) is 2.79. The monoisotopic (exact) mass is 278 g/mol. The molecule has 2 N–H and O–H groups in total. The third-order valence-electron chi connectivity index (χ3n) is 2.70. The van der Waals surface area contributed by atoms with Crippen molar-refractivity contribution in [1.29, 1.82) is 0 Å². The van der Waals surface area contributed by atoms with Crippen LogP contribution < -0.4 is 4.72 Å². The van der Waals surface area contributed by atoms with E-state index in [1.807, 2.05) is 0 Å². The molecule has 1 amide bonds. The quantitative estimate of drug-likeness (QED) is 0.646. The number of nitrogens with zero attached hydrogens (tertiary/aromatic N) is 1. The number of carboxylic acid groups (broad SMARTS) is 1. The Kier molecular flexibility index (Phi) is 5.54. The van der Waals surface area contributed by atoms with E-state index in [1.165, 1.54) is 0 Å². The minimum absolute atomic E-state index is 0.0251. The van der Waals surface area contributed by atoms with Gasteiger partial charge in [-0.2, -0.15) is 0 Å². The molecule has 18 heavy (non-hydrogen) atoms. The molecular weight excluding hydrogens is 260 g/mol. The highest BCUT2D eigenvalue weighted by Crippen LogP contribution is 2.08. The second-order valence-electron chi connectivity index (χ2n) is 4.19. The zero-order valence-electron chi connectivity index (χ0n) is 10.1. The summed E-state index contributed by atoms with van der Waals surface area (Å²) in [5.74, 6) is -1.68. The van der Waals surface area contributed by atoms with Crippen LogP contribution in [0.5, 0.6) is 0 Å². The lowest BCUT2D eigenvalue weighted by atomic mass is 10.4. The fraction of sp³-hybridized carbons (Fsp3) is 0.800. The van der Waals surface area contributed by atoms with Crippen LogP contribution in [0.4, 0.5) is 0 Å². The second kappa shape index (κ2) is 6.69. The summed E-state index contributed by atoms with van der Waals surface area (Å²) in [7, 11) is -3.60. The van der Waals surface area contributed by atoms with E-state index in [2.05, 4.69) is 4.72 Å². The predicted molar refractivity (Wildman–Crippen MR) is 64.5 cm³/mol. The first-order chi connectivity index (χ1) is 8.41. The lowest BCUT2D eigenvalue weighted by Gasteiger charge is -2.15. The zero-order valence-corrected chi connectivity index (χ0v) is 10.9. The highest BCUT2D eigenvalue weighted by atomic mass is 32.2. The predicted octanol–water partition coefficient (Wildman–Crippen LogP) is -0.607. The van der Waals surface area contributed by atoms with Gasteiger partial charge in [-0.15, -0.1) is 0 Å². The first kappa shape index (κ1) is 14.9. The van der Waals surface area contributed by atoms with Gasteiger partial charge in [-0.3, -0.25) is 9.59 Å². The van der Waals surface area contributed by atoms with Crippen LogP contribution in [0, 0.1) is 0 Å². The Bertz CT molecular complexity index is 400. The van der Waals surface area contributed by atoms with Crippen LogP contribution in [0.2, 0.25) is 0 Å². The minimum atomic E-state index is -3.60. The van der Waals surface area contributed by atoms with E-state index in [-0.39, 0.29) is 18.9 Å². The van der Waals surface area contributed by atoms with E-state index in [1.54, 1.807) is 4.90 Å². The number of sulfonamides is 1. The van der Waals surface area contributed by atoms with Crippen LogP contribution in [0.3, 0.4) is 0 Å². The van der Waals surface area contributed by atoms with Gasteiger partial charge in [0.25, 0.3) is 0 Å². The van der Waals surface area contributed by atoms with Gasteiger partial charge in [0, 0.05) is 26.1 Å². The summed E-state index contributed by atoms with van der Waals surface area (Å²) in [4.78, 5) is 23.6. The summed E-state index contributed by atoms with van der Waals surface area (Å²) in [5, 5.41) is 8.38. The molecule has 8 heteroatoms. The van der Waals surface area contributed by atoms with E-state index in [4.69, 9.17) is 5.11 Å². The SMILES string of the molecule is O=C(O)CCS(=O)(=O)NCCC(=O)N1CCCC1. The molecule has 1 aliphatic rings. The van der Waals surface area contributed by atoms with E-state index in [0.29, 0.717) is 0 Å². The molecule has 1 heterocycles. The molecule has 0 aromatic heterocycles. The first-order valence-corrected chi connectivity index (χ1v) is 7.53. The summed E-state index contributed by atoms with van der Waals surface area (Å²) in [6.45, 7) is 1.51. The molecule has 0 bridgehead atoms. The van der Waals surface area contributed by atoms with Gasteiger partial charge < -0.3 is 10.0 Å². The number of aliphatic carboxylic acids is 1. The van der Waals surface area contributed by atoms with E-state index < -0.39 is 28.2 Å². The molecule has 7 nitrogen and oxygen atoms in total. The number of carboxylic acids is 1. The van der Waals surface area contributed by atoms with Crippen LogP contribution in [0.25, 0.3) is 0 Å². The Morgan fingerprint density at radius 3 is 2.33 bits per heavy atom. The Morgan fingerprint density at radius 2 is 1.78 bits per heavy atom. The topological polar surface area (TPSA) is 104 Å². The maximum Gasteiger partial charge on any atom is 0.304 e. The van der Waals surface area contributed by atoms with Crippen molar-refractivity contribution in [3.05, 3.63) is 0 Å². The van der Waals surface area contributed by atoms with Crippen molar-refractivity contribution in [2.24, 2.45) is 0 Å². The molecule has 1 saturated heterocycles.